The van der Waals surface area contributed by atoms with Gasteiger partial charge in [0, 0.05) is 6.04 Å². The summed E-state index contributed by atoms with van der Waals surface area (Å²) in [7, 11) is 0. The lowest BCUT2D eigenvalue weighted by molar-refractivity contribution is -0.137. The molecule has 2 aromatic rings. The van der Waals surface area contributed by atoms with Crippen LogP contribution in [0.3, 0.4) is 0 Å². The molecule has 0 aliphatic heterocycles. The highest BCUT2D eigenvalue weighted by atomic mass is 32.1. The number of aromatic nitrogens is 2. The van der Waals surface area contributed by atoms with Crippen molar-refractivity contribution in [1.29, 1.82) is 0 Å². The predicted octanol–water partition coefficient (Wildman–Crippen LogP) is 2.36. The van der Waals surface area contributed by atoms with E-state index in [1.54, 1.807) is 11.3 Å². The Morgan fingerprint density at radius 3 is 3.11 bits per heavy atom. The van der Waals surface area contributed by atoms with E-state index in [0.717, 1.165) is 28.9 Å². The molecule has 1 aliphatic carbocycles. The zero-order valence-electron chi connectivity index (χ0n) is 9.67. The van der Waals surface area contributed by atoms with Crippen LogP contribution in [0.5, 0.6) is 0 Å². The molecular formula is C12H13N3O2S. The lowest BCUT2D eigenvalue weighted by Gasteiger charge is -2.16. The highest BCUT2D eigenvalue weighted by molar-refractivity contribution is 7.17. The molecule has 0 radical (unpaired) electrons. The molecule has 2 heterocycles. The van der Waals surface area contributed by atoms with Gasteiger partial charge < -0.3 is 10.4 Å². The number of carboxylic acid groups (broad SMARTS) is 1. The quantitative estimate of drug-likeness (QED) is 0.866. The molecule has 0 spiro atoms. The summed E-state index contributed by atoms with van der Waals surface area (Å²) in [6.07, 6.45) is 3.86. The van der Waals surface area contributed by atoms with E-state index in [4.69, 9.17) is 5.11 Å². The third-order valence-corrected chi connectivity index (χ3v) is 4.06. The maximum absolute atomic E-state index is 10.9. The van der Waals surface area contributed by atoms with E-state index in [1.165, 1.54) is 6.33 Å². The summed E-state index contributed by atoms with van der Waals surface area (Å²) in [4.78, 5) is 19.3. The Morgan fingerprint density at radius 2 is 2.39 bits per heavy atom. The van der Waals surface area contributed by atoms with Gasteiger partial charge in [0.05, 0.1) is 16.6 Å². The zero-order valence-corrected chi connectivity index (χ0v) is 10.5. The van der Waals surface area contributed by atoms with Crippen LogP contribution in [0.25, 0.3) is 10.2 Å². The molecule has 0 aromatic carbocycles. The van der Waals surface area contributed by atoms with Gasteiger partial charge in [-0.05, 0) is 30.2 Å². The first-order chi connectivity index (χ1) is 8.74. The van der Waals surface area contributed by atoms with Crippen molar-refractivity contribution in [1.82, 2.24) is 9.97 Å². The van der Waals surface area contributed by atoms with Crippen LogP contribution in [0.2, 0.25) is 0 Å². The summed E-state index contributed by atoms with van der Waals surface area (Å²) < 4.78 is 0.994. The van der Waals surface area contributed by atoms with Gasteiger partial charge >= 0.3 is 5.97 Å². The van der Waals surface area contributed by atoms with Crippen LogP contribution in [0.1, 0.15) is 19.3 Å². The van der Waals surface area contributed by atoms with Gasteiger partial charge in [0.1, 0.15) is 12.1 Å². The lowest BCUT2D eigenvalue weighted by Crippen LogP contribution is -2.25. The van der Waals surface area contributed by atoms with Crippen molar-refractivity contribution in [3.8, 4) is 0 Å². The largest absolute Gasteiger partial charge is 0.481 e. The molecule has 2 N–H and O–H groups in total. The topological polar surface area (TPSA) is 75.1 Å². The van der Waals surface area contributed by atoms with Gasteiger partial charge in [-0.1, -0.05) is 0 Å². The average Bonchev–Trinajstić information content (AvgIpc) is 3.06. The van der Waals surface area contributed by atoms with Crippen LogP contribution in [0.15, 0.2) is 17.8 Å². The fourth-order valence-corrected chi connectivity index (χ4v) is 2.89. The molecule has 1 atom stereocenters. The average molecular weight is 263 g/mol. The third-order valence-electron chi connectivity index (χ3n) is 3.15. The van der Waals surface area contributed by atoms with Crippen LogP contribution < -0.4 is 5.32 Å². The van der Waals surface area contributed by atoms with Crippen LogP contribution >= 0.6 is 11.3 Å². The van der Waals surface area contributed by atoms with E-state index < -0.39 is 5.97 Å². The van der Waals surface area contributed by atoms with Crippen molar-refractivity contribution in [3.63, 3.8) is 0 Å². The second-order valence-corrected chi connectivity index (χ2v) is 5.46. The van der Waals surface area contributed by atoms with Gasteiger partial charge in [-0.3, -0.25) is 4.79 Å². The van der Waals surface area contributed by atoms with E-state index in [9.17, 15) is 4.79 Å². The van der Waals surface area contributed by atoms with Crippen molar-refractivity contribution < 1.29 is 9.90 Å². The molecule has 0 amide bonds. The summed E-state index contributed by atoms with van der Waals surface area (Å²) in [5, 5.41) is 14.2. The highest BCUT2D eigenvalue weighted by Gasteiger charge is 2.33. The van der Waals surface area contributed by atoms with Gasteiger partial charge in [0.15, 0.2) is 0 Å². The molecule has 6 heteroatoms. The molecular weight excluding hydrogens is 250 g/mol. The number of aliphatic carboxylic acids is 1. The molecule has 1 fully saturated rings. The smallest absolute Gasteiger partial charge is 0.305 e. The number of nitrogens with one attached hydrogen (secondary N) is 1. The normalized spacial score (nSPS) is 16.7. The van der Waals surface area contributed by atoms with E-state index >= 15 is 0 Å². The van der Waals surface area contributed by atoms with Crippen molar-refractivity contribution in [3.05, 3.63) is 17.8 Å². The monoisotopic (exact) mass is 263 g/mol. The Hall–Kier alpha value is -1.69. The first kappa shape index (κ1) is 11.4. The summed E-state index contributed by atoms with van der Waals surface area (Å²) in [6.45, 7) is 0. The summed E-state index contributed by atoms with van der Waals surface area (Å²) in [5.41, 5.74) is 0.905. The minimum Gasteiger partial charge on any atom is -0.481 e. The van der Waals surface area contributed by atoms with Gasteiger partial charge in [0.25, 0.3) is 0 Å². The Labute approximate surface area is 108 Å². The molecule has 3 rings (SSSR count). The molecule has 5 nitrogen and oxygen atoms in total. The van der Waals surface area contributed by atoms with E-state index in [0.29, 0.717) is 5.92 Å². The summed E-state index contributed by atoms with van der Waals surface area (Å²) in [5.74, 6) is 0.454. The van der Waals surface area contributed by atoms with Crippen LogP contribution in [0.4, 0.5) is 5.82 Å². The molecule has 18 heavy (non-hydrogen) atoms. The minimum atomic E-state index is -0.768. The Balaban J connectivity index is 1.85. The second-order valence-electron chi connectivity index (χ2n) is 4.54. The van der Waals surface area contributed by atoms with E-state index in [1.807, 2.05) is 11.4 Å². The maximum Gasteiger partial charge on any atom is 0.305 e. The first-order valence-electron chi connectivity index (χ1n) is 5.90. The van der Waals surface area contributed by atoms with Crippen molar-refractivity contribution in [2.45, 2.75) is 25.3 Å². The summed E-state index contributed by atoms with van der Waals surface area (Å²) >= 11 is 1.57. The van der Waals surface area contributed by atoms with Gasteiger partial charge in [0.2, 0.25) is 0 Å². The molecule has 1 aliphatic rings. The fourth-order valence-electron chi connectivity index (χ4n) is 2.09. The third kappa shape index (κ3) is 2.28. The number of thiophene rings is 1. The number of carboxylic acids is 1. The number of fused-ring (bicyclic) bond motifs is 1. The second kappa shape index (κ2) is 4.53. The Bertz CT molecular complexity index is 579. The predicted molar refractivity (Wildman–Crippen MR) is 69.8 cm³/mol. The van der Waals surface area contributed by atoms with Gasteiger partial charge in [-0.15, -0.1) is 11.3 Å². The molecule has 1 saturated carbocycles. The first-order valence-corrected chi connectivity index (χ1v) is 6.78. The number of rotatable bonds is 5. The number of anilines is 1. The number of hydrogen-bond acceptors (Lipinski definition) is 5. The standard InChI is InChI=1S/C12H13N3O2S/c16-10(17)5-9(7-1-2-7)15-12-11-8(3-4-18-11)13-6-14-12/h3-4,6-7,9H,1-2,5H2,(H,16,17)(H,13,14,15). The molecule has 2 aromatic heterocycles. The van der Waals surface area contributed by atoms with Gasteiger partial charge in [-0.2, -0.15) is 0 Å². The van der Waals surface area contributed by atoms with Crippen molar-refractivity contribution >= 4 is 33.3 Å². The van der Waals surface area contributed by atoms with Gasteiger partial charge in [-0.25, -0.2) is 9.97 Å². The van der Waals surface area contributed by atoms with E-state index in [-0.39, 0.29) is 12.5 Å². The highest BCUT2D eigenvalue weighted by Crippen LogP contribution is 2.36. The maximum atomic E-state index is 10.9. The Morgan fingerprint density at radius 1 is 1.56 bits per heavy atom. The SMILES string of the molecule is O=C(O)CC(Nc1ncnc2ccsc12)C1CC1. The number of nitrogens with zero attached hydrogens (tertiary/aromatic N) is 2. The molecule has 0 saturated heterocycles. The molecule has 1 unspecified atom stereocenters. The van der Waals surface area contributed by atoms with Crippen molar-refractivity contribution in [2.24, 2.45) is 5.92 Å². The van der Waals surface area contributed by atoms with Crippen LogP contribution in [-0.4, -0.2) is 27.1 Å². The zero-order chi connectivity index (χ0) is 12.5. The lowest BCUT2D eigenvalue weighted by atomic mass is 10.1. The van der Waals surface area contributed by atoms with E-state index in [2.05, 4.69) is 15.3 Å². The van der Waals surface area contributed by atoms with Crippen LogP contribution in [0, 0.1) is 5.92 Å². The molecule has 94 valence electrons. The van der Waals surface area contributed by atoms with Crippen LogP contribution in [-0.2, 0) is 4.79 Å². The summed E-state index contributed by atoms with van der Waals surface area (Å²) in [6, 6.07) is 1.92. The minimum absolute atomic E-state index is 0.0253. The van der Waals surface area contributed by atoms with Crippen molar-refractivity contribution in [2.75, 3.05) is 5.32 Å². The number of hydrogen-bond donors (Lipinski definition) is 2. The molecule has 0 bridgehead atoms. The Kier molecular flexibility index (Phi) is 2.87. The fraction of sp³-hybridized carbons (Fsp3) is 0.417. The number of carbonyl (C=O) groups is 1.